The first-order valence-corrected chi connectivity index (χ1v) is 7.88. The Hall–Kier alpha value is -0.820. The lowest BCUT2D eigenvalue weighted by Crippen LogP contribution is -2.38. The summed E-state index contributed by atoms with van der Waals surface area (Å²) >= 11 is 0. The third kappa shape index (κ3) is 4.07. The number of hydrogen-bond acceptors (Lipinski definition) is 1. The Kier molecular flexibility index (Phi) is 6.57. The molecule has 0 heterocycles. The van der Waals surface area contributed by atoms with Crippen LogP contribution in [0.25, 0.3) is 0 Å². The lowest BCUT2D eigenvalue weighted by atomic mass is 9.72. The van der Waals surface area contributed by atoms with Crippen molar-refractivity contribution in [2.75, 3.05) is 13.1 Å². The number of rotatable bonds is 8. The van der Waals surface area contributed by atoms with E-state index in [1.54, 1.807) is 0 Å². The summed E-state index contributed by atoms with van der Waals surface area (Å²) in [6, 6.07) is 7.06. The van der Waals surface area contributed by atoms with Gasteiger partial charge in [0.15, 0.2) is 0 Å². The Morgan fingerprint density at radius 3 is 2.05 bits per heavy atom. The Bertz CT molecular complexity index is 375. The number of nitrogens with one attached hydrogen (secondary N) is 1. The van der Waals surface area contributed by atoms with Crippen molar-refractivity contribution in [3.8, 4) is 0 Å². The van der Waals surface area contributed by atoms with Crippen molar-refractivity contribution in [2.24, 2.45) is 0 Å². The van der Waals surface area contributed by atoms with Crippen molar-refractivity contribution in [2.45, 2.75) is 65.7 Å². The van der Waals surface area contributed by atoms with Crippen molar-refractivity contribution >= 4 is 0 Å². The van der Waals surface area contributed by atoms with E-state index in [0.717, 1.165) is 13.1 Å². The van der Waals surface area contributed by atoms with E-state index in [2.05, 4.69) is 58.1 Å². The first kappa shape index (κ1) is 16.2. The molecule has 0 radical (unpaired) electrons. The second-order valence-electron chi connectivity index (χ2n) is 5.86. The molecule has 1 aromatic carbocycles. The fraction of sp³-hybridized carbons (Fsp3) is 0.667. The normalized spacial score (nSPS) is 11.8. The minimum atomic E-state index is 0.317. The molecule has 0 bridgehead atoms. The predicted molar refractivity (Wildman–Crippen MR) is 86.0 cm³/mol. The van der Waals surface area contributed by atoms with Gasteiger partial charge in [-0.05, 0) is 49.9 Å². The van der Waals surface area contributed by atoms with Gasteiger partial charge >= 0.3 is 0 Å². The number of likely N-dealkylation sites (N-methyl/N-ethyl adjacent to an activating group) is 1. The molecule has 0 aliphatic heterocycles. The van der Waals surface area contributed by atoms with Gasteiger partial charge in [0.25, 0.3) is 0 Å². The molecule has 19 heavy (non-hydrogen) atoms. The summed E-state index contributed by atoms with van der Waals surface area (Å²) in [7, 11) is 0. The highest BCUT2D eigenvalue weighted by Crippen LogP contribution is 2.34. The Morgan fingerprint density at radius 2 is 1.58 bits per heavy atom. The second kappa shape index (κ2) is 7.69. The van der Waals surface area contributed by atoms with E-state index in [1.165, 1.54) is 42.4 Å². The number of hydrogen-bond donors (Lipinski definition) is 1. The molecule has 0 aliphatic rings. The summed E-state index contributed by atoms with van der Waals surface area (Å²) in [5.41, 5.74) is 4.66. The SMILES string of the molecule is CCCC(CCC)(CNCC)c1ccc(C)c(C)c1. The number of aryl methyl sites for hydroxylation is 2. The Morgan fingerprint density at radius 1 is 0.947 bits per heavy atom. The van der Waals surface area contributed by atoms with Crippen LogP contribution < -0.4 is 5.32 Å². The van der Waals surface area contributed by atoms with E-state index >= 15 is 0 Å². The van der Waals surface area contributed by atoms with Gasteiger partial charge < -0.3 is 5.32 Å². The molecule has 1 N–H and O–H groups in total. The summed E-state index contributed by atoms with van der Waals surface area (Å²) < 4.78 is 0. The Balaban J connectivity index is 3.13. The second-order valence-corrected chi connectivity index (χ2v) is 5.86. The van der Waals surface area contributed by atoms with Crippen LogP contribution in [0, 0.1) is 13.8 Å². The molecule has 0 aromatic heterocycles. The van der Waals surface area contributed by atoms with Gasteiger partial charge in [0.05, 0.1) is 0 Å². The van der Waals surface area contributed by atoms with Crippen LogP contribution in [0.1, 0.15) is 63.1 Å². The van der Waals surface area contributed by atoms with Crippen LogP contribution in [-0.4, -0.2) is 13.1 Å². The number of benzene rings is 1. The van der Waals surface area contributed by atoms with Gasteiger partial charge in [-0.15, -0.1) is 0 Å². The topological polar surface area (TPSA) is 12.0 Å². The highest BCUT2D eigenvalue weighted by molar-refractivity contribution is 5.35. The maximum absolute atomic E-state index is 3.59. The lowest BCUT2D eigenvalue weighted by molar-refractivity contribution is 0.338. The molecule has 1 aromatic rings. The molecule has 108 valence electrons. The summed E-state index contributed by atoms with van der Waals surface area (Å²) in [6.45, 7) is 13.4. The average Bonchev–Trinajstić information content (AvgIpc) is 2.39. The zero-order chi connectivity index (χ0) is 14.3. The fourth-order valence-corrected chi connectivity index (χ4v) is 3.09. The molecule has 0 amide bonds. The van der Waals surface area contributed by atoms with Crippen molar-refractivity contribution in [1.82, 2.24) is 5.32 Å². The Labute approximate surface area is 119 Å². The molecular formula is C18H31N. The van der Waals surface area contributed by atoms with Crippen LogP contribution in [0.3, 0.4) is 0 Å². The first-order valence-electron chi connectivity index (χ1n) is 7.88. The zero-order valence-corrected chi connectivity index (χ0v) is 13.5. The highest BCUT2D eigenvalue weighted by atomic mass is 14.9. The van der Waals surface area contributed by atoms with E-state index in [0.29, 0.717) is 5.41 Å². The van der Waals surface area contributed by atoms with Crippen LogP contribution >= 0.6 is 0 Å². The van der Waals surface area contributed by atoms with Crippen molar-refractivity contribution < 1.29 is 0 Å². The highest BCUT2D eigenvalue weighted by Gasteiger charge is 2.30. The van der Waals surface area contributed by atoms with Crippen molar-refractivity contribution in [3.63, 3.8) is 0 Å². The third-order valence-corrected chi connectivity index (χ3v) is 4.29. The molecule has 1 nitrogen and oxygen atoms in total. The molecule has 0 fully saturated rings. The van der Waals surface area contributed by atoms with Gasteiger partial charge in [-0.3, -0.25) is 0 Å². The summed E-state index contributed by atoms with van der Waals surface area (Å²) in [5, 5.41) is 3.59. The largest absolute Gasteiger partial charge is 0.316 e. The maximum atomic E-state index is 3.59. The van der Waals surface area contributed by atoms with Crippen LogP contribution in [0.5, 0.6) is 0 Å². The maximum Gasteiger partial charge on any atom is 0.00776 e. The van der Waals surface area contributed by atoms with Crippen molar-refractivity contribution in [3.05, 3.63) is 34.9 Å². The van der Waals surface area contributed by atoms with Gasteiger partial charge in [0, 0.05) is 12.0 Å². The first-order chi connectivity index (χ1) is 9.09. The molecule has 0 aliphatic carbocycles. The van der Waals surface area contributed by atoms with E-state index in [-0.39, 0.29) is 0 Å². The van der Waals surface area contributed by atoms with E-state index in [4.69, 9.17) is 0 Å². The van der Waals surface area contributed by atoms with E-state index in [1.807, 2.05) is 0 Å². The van der Waals surface area contributed by atoms with Gasteiger partial charge in [-0.1, -0.05) is 51.8 Å². The standard InChI is InChI=1S/C18H31N/c1-6-11-18(12-7-2,14-19-8-3)17-10-9-15(4)16(5)13-17/h9-10,13,19H,6-8,11-12,14H2,1-5H3. The molecule has 1 rings (SSSR count). The van der Waals surface area contributed by atoms with Crippen LogP contribution in [0.2, 0.25) is 0 Å². The molecule has 0 spiro atoms. The van der Waals surface area contributed by atoms with Gasteiger partial charge in [-0.2, -0.15) is 0 Å². The minimum Gasteiger partial charge on any atom is -0.316 e. The van der Waals surface area contributed by atoms with Crippen LogP contribution in [0.4, 0.5) is 0 Å². The smallest absolute Gasteiger partial charge is 0.00776 e. The van der Waals surface area contributed by atoms with Gasteiger partial charge in [-0.25, -0.2) is 0 Å². The van der Waals surface area contributed by atoms with Gasteiger partial charge in [0.1, 0.15) is 0 Å². The summed E-state index contributed by atoms with van der Waals surface area (Å²) in [5.74, 6) is 0. The molecule has 0 saturated heterocycles. The molecular weight excluding hydrogens is 230 g/mol. The van der Waals surface area contributed by atoms with E-state index < -0.39 is 0 Å². The zero-order valence-electron chi connectivity index (χ0n) is 13.5. The quantitative estimate of drug-likeness (QED) is 0.712. The van der Waals surface area contributed by atoms with Crippen LogP contribution in [0.15, 0.2) is 18.2 Å². The lowest BCUT2D eigenvalue weighted by Gasteiger charge is -2.35. The molecule has 1 heteroatoms. The molecule has 0 saturated carbocycles. The monoisotopic (exact) mass is 261 g/mol. The third-order valence-electron chi connectivity index (χ3n) is 4.29. The van der Waals surface area contributed by atoms with Crippen LogP contribution in [-0.2, 0) is 5.41 Å². The molecule has 0 unspecified atom stereocenters. The minimum absolute atomic E-state index is 0.317. The average molecular weight is 261 g/mol. The summed E-state index contributed by atoms with van der Waals surface area (Å²) in [4.78, 5) is 0. The van der Waals surface area contributed by atoms with Crippen molar-refractivity contribution in [1.29, 1.82) is 0 Å². The fourth-order valence-electron chi connectivity index (χ4n) is 3.09. The molecule has 0 atom stereocenters. The predicted octanol–water partition coefficient (Wildman–Crippen LogP) is 4.75. The van der Waals surface area contributed by atoms with Gasteiger partial charge in [0.2, 0.25) is 0 Å². The van der Waals surface area contributed by atoms with E-state index in [9.17, 15) is 0 Å². The summed E-state index contributed by atoms with van der Waals surface area (Å²) in [6.07, 6.45) is 5.04.